The molecule has 1 atom stereocenters. The Morgan fingerprint density at radius 3 is 2.70 bits per heavy atom. The second-order valence-electron chi connectivity index (χ2n) is 4.76. The zero-order valence-corrected chi connectivity index (χ0v) is 12.4. The summed E-state index contributed by atoms with van der Waals surface area (Å²) in [6.07, 6.45) is 1.27. The van der Waals surface area contributed by atoms with Gasteiger partial charge in [0.25, 0.3) is 0 Å². The Kier molecular flexibility index (Phi) is 5.20. The number of hydrogen-bond acceptors (Lipinski definition) is 3. The van der Waals surface area contributed by atoms with E-state index in [9.17, 15) is 8.78 Å². The van der Waals surface area contributed by atoms with Gasteiger partial charge in [0.15, 0.2) is 0 Å². The first-order valence-electron chi connectivity index (χ1n) is 6.66. The number of nitrogens with zero attached hydrogens (tertiary/aromatic N) is 1. The molecular formula is C15H18F2N2S. The fraction of sp³-hybridized carbons (Fsp3) is 0.400. The smallest absolute Gasteiger partial charge is 0.129 e. The number of nitrogens with one attached hydrogen (secondary N) is 1. The highest BCUT2D eigenvalue weighted by atomic mass is 32.1. The summed E-state index contributed by atoms with van der Waals surface area (Å²) >= 11 is 1.61. The predicted octanol–water partition coefficient (Wildman–Crippen LogP) is 3.49. The number of hydrogen-bond donors (Lipinski definition) is 1. The van der Waals surface area contributed by atoms with E-state index in [0.29, 0.717) is 12.0 Å². The predicted molar refractivity (Wildman–Crippen MR) is 78.1 cm³/mol. The van der Waals surface area contributed by atoms with Crippen molar-refractivity contribution < 1.29 is 8.78 Å². The van der Waals surface area contributed by atoms with Crippen LogP contribution in [0.25, 0.3) is 0 Å². The molecule has 0 spiro atoms. The van der Waals surface area contributed by atoms with Crippen molar-refractivity contribution in [3.8, 4) is 0 Å². The van der Waals surface area contributed by atoms with E-state index in [2.05, 4.69) is 10.3 Å². The minimum absolute atomic E-state index is 0.0986. The molecule has 20 heavy (non-hydrogen) atoms. The van der Waals surface area contributed by atoms with E-state index in [0.717, 1.165) is 29.7 Å². The molecule has 2 aromatic rings. The van der Waals surface area contributed by atoms with Crippen LogP contribution in [0.15, 0.2) is 23.6 Å². The van der Waals surface area contributed by atoms with Crippen LogP contribution in [0.4, 0.5) is 8.78 Å². The molecule has 0 saturated carbocycles. The standard InChI is InChI=1S/C15H18F2N2S/c1-3-18-13(8-14-9-20-10(2)19-14)6-11-4-5-12(16)7-15(11)17/h4-5,7,9,13,18H,3,6,8H2,1-2H3. The fourth-order valence-electron chi connectivity index (χ4n) is 2.21. The molecule has 0 saturated heterocycles. The molecule has 5 heteroatoms. The second kappa shape index (κ2) is 6.90. The van der Waals surface area contributed by atoms with E-state index >= 15 is 0 Å². The van der Waals surface area contributed by atoms with Crippen LogP contribution < -0.4 is 5.32 Å². The van der Waals surface area contributed by atoms with Gasteiger partial charge in [-0.15, -0.1) is 11.3 Å². The van der Waals surface area contributed by atoms with Gasteiger partial charge < -0.3 is 5.32 Å². The van der Waals surface area contributed by atoms with Gasteiger partial charge in [0.05, 0.1) is 10.7 Å². The SMILES string of the molecule is CCNC(Cc1csc(C)n1)Cc1ccc(F)cc1F. The molecule has 0 aliphatic carbocycles. The van der Waals surface area contributed by atoms with Gasteiger partial charge in [0.2, 0.25) is 0 Å². The first kappa shape index (κ1) is 15.1. The third-order valence-corrected chi connectivity index (χ3v) is 3.92. The largest absolute Gasteiger partial charge is 0.314 e. The van der Waals surface area contributed by atoms with Gasteiger partial charge >= 0.3 is 0 Å². The zero-order chi connectivity index (χ0) is 14.5. The lowest BCUT2D eigenvalue weighted by atomic mass is 10.0. The lowest BCUT2D eigenvalue weighted by molar-refractivity contribution is 0.498. The van der Waals surface area contributed by atoms with Crippen molar-refractivity contribution in [2.45, 2.75) is 32.7 Å². The molecule has 0 fully saturated rings. The van der Waals surface area contributed by atoms with Gasteiger partial charge in [-0.25, -0.2) is 13.8 Å². The summed E-state index contributed by atoms with van der Waals surface area (Å²) in [7, 11) is 0. The fourth-order valence-corrected chi connectivity index (χ4v) is 2.84. The van der Waals surface area contributed by atoms with Crippen LogP contribution in [0.2, 0.25) is 0 Å². The highest BCUT2D eigenvalue weighted by molar-refractivity contribution is 7.09. The van der Waals surface area contributed by atoms with Crippen LogP contribution in [-0.2, 0) is 12.8 Å². The molecule has 0 radical (unpaired) electrons. The first-order valence-corrected chi connectivity index (χ1v) is 7.54. The van der Waals surface area contributed by atoms with E-state index in [-0.39, 0.29) is 6.04 Å². The Morgan fingerprint density at radius 1 is 1.30 bits per heavy atom. The summed E-state index contributed by atoms with van der Waals surface area (Å²) in [5, 5.41) is 6.39. The third kappa shape index (κ3) is 4.08. The Balaban J connectivity index is 2.08. The number of aryl methyl sites for hydroxylation is 1. The van der Waals surface area contributed by atoms with Gasteiger partial charge in [0.1, 0.15) is 11.6 Å². The third-order valence-electron chi connectivity index (χ3n) is 3.10. The van der Waals surface area contributed by atoms with E-state index in [4.69, 9.17) is 0 Å². The van der Waals surface area contributed by atoms with Crippen molar-refractivity contribution in [3.05, 3.63) is 51.5 Å². The molecule has 0 aliphatic heterocycles. The van der Waals surface area contributed by atoms with E-state index < -0.39 is 11.6 Å². The Bertz CT molecular complexity index is 569. The van der Waals surface area contributed by atoms with Crippen LogP contribution in [0.5, 0.6) is 0 Å². The number of benzene rings is 1. The molecule has 108 valence electrons. The summed E-state index contributed by atoms with van der Waals surface area (Å²) in [6.45, 7) is 4.78. The summed E-state index contributed by atoms with van der Waals surface area (Å²) in [5.74, 6) is -1.02. The molecule has 0 amide bonds. The highest BCUT2D eigenvalue weighted by Gasteiger charge is 2.14. The van der Waals surface area contributed by atoms with Crippen LogP contribution >= 0.6 is 11.3 Å². The topological polar surface area (TPSA) is 24.9 Å². The number of likely N-dealkylation sites (N-methyl/N-ethyl adjacent to an activating group) is 1. The normalized spacial score (nSPS) is 12.6. The van der Waals surface area contributed by atoms with E-state index in [1.54, 1.807) is 11.3 Å². The molecule has 2 rings (SSSR count). The molecule has 0 aliphatic rings. The molecule has 1 heterocycles. The van der Waals surface area contributed by atoms with Gasteiger partial charge in [-0.3, -0.25) is 0 Å². The second-order valence-corrected chi connectivity index (χ2v) is 5.82. The molecule has 2 nitrogen and oxygen atoms in total. The molecule has 1 unspecified atom stereocenters. The first-order chi connectivity index (χ1) is 9.58. The van der Waals surface area contributed by atoms with Crippen LogP contribution in [0, 0.1) is 18.6 Å². The Labute approximate surface area is 121 Å². The number of aromatic nitrogens is 1. The average molecular weight is 296 g/mol. The summed E-state index contributed by atoms with van der Waals surface area (Å²) in [4.78, 5) is 4.44. The molecule has 1 aromatic heterocycles. The quantitative estimate of drug-likeness (QED) is 0.882. The van der Waals surface area contributed by atoms with E-state index in [1.165, 1.54) is 12.1 Å². The molecule has 1 aromatic carbocycles. The minimum Gasteiger partial charge on any atom is -0.314 e. The van der Waals surface area contributed by atoms with Gasteiger partial charge in [-0.2, -0.15) is 0 Å². The monoisotopic (exact) mass is 296 g/mol. The van der Waals surface area contributed by atoms with Crippen molar-refractivity contribution in [1.29, 1.82) is 0 Å². The number of halogens is 2. The van der Waals surface area contributed by atoms with Crippen molar-refractivity contribution in [3.63, 3.8) is 0 Å². The Hall–Kier alpha value is -1.33. The molecule has 1 N–H and O–H groups in total. The van der Waals surface area contributed by atoms with Crippen molar-refractivity contribution in [2.24, 2.45) is 0 Å². The highest BCUT2D eigenvalue weighted by Crippen LogP contribution is 2.15. The van der Waals surface area contributed by atoms with E-state index in [1.807, 2.05) is 19.2 Å². The van der Waals surface area contributed by atoms with Crippen LogP contribution in [0.1, 0.15) is 23.2 Å². The van der Waals surface area contributed by atoms with Gasteiger partial charge in [0, 0.05) is 23.9 Å². The van der Waals surface area contributed by atoms with Gasteiger partial charge in [-0.1, -0.05) is 13.0 Å². The summed E-state index contributed by atoms with van der Waals surface area (Å²) in [6, 6.07) is 3.85. The lowest BCUT2D eigenvalue weighted by Gasteiger charge is -2.17. The Morgan fingerprint density at radius 2 is 2.10 bits per heavy atom. The lowest BCUT2D eigenvalue weighted by Crippen LogP contribution is -2.33. The number of rotatable bonds is 6. The molecule has 0 bridgehead atoms. The molecular weight excluding hydrogens is 278 g/mol. The summed E-state index contributed by atoms with van der Waals surface area (Å²) in [5.41, 5.74) is 1.55. The number of thiazole rings is 1. The maximum Gasteiger partial charge on any atom is 0.129 e. The maximum absolute atomic E-state index is 13.7. The average Bonchev–Trinajstić information content (AvgIpc) is 2.78. The maximum atomic E-state index is 13.7. The van der Waals surface area contributed by atoms with Crippen molar-refractivity contribution >= 4 is 11.3 Å². The minimum atomic E-state index is -0.540. The van der Waals surface area contributed by atoms with Crippen molar-refractivity contribution in [2.75, 3.05) is 6.54 Å². The van der Waals surface area contributed by atoms with Crippen LogP contribution in [0.3, 0.4) is 0 Å². The van der Waals surface area contributed by atoms with Gasteiger partial charge in [-0.05, 0) is 31.5 Å². The van der Waals surface area contributed by atoms with Crippen LogP contribution in [-0.4, -0.2) is 17.6 Å². The zero-order valence-electron chi connectivity index (χ0n) is 11.6. The van der Waals surface area contributed by atoms with Crippen molar-refractivity contribution in [1.82, 2.24) is 10.3 Å². The summed E-state index contributed by atoms with van der Waals surface area (Å²) < 4.78 is 26.6.